The molecule has 10 heavy (non-hydrogen) atoms. The van der Waals surface area contributed by atoms with E-state index < -0.39 is 0 Å². The summed E-state index contributed by atoms with van der Waals surface area (Å²) in [5.41, 5.74) is 0. The molecule has 0 saturated heterocycles. The molecular weight excluding hydrogens is 144 g/mol. The highest BCUT2D eigenvalue weighted by Crippen LogP contribution is 2.21. The third kappa shape index (κ3) is 4.96. The topological polar surface area (TPSA) is 18.5 Å². The van der Waals surface area contributed by atoms with Crippen LogP contribution in [0, 0.1) is 0 Å². The predicted octanol–water partition coefficient (Wildman–Crippen LogP) is 0.950. The molecule has 0 saturated carbocycles. The summed E-state index contributed by atoms with van der Waals surface area (Å²) in [6.45, 7) is 6.68. The predicted molar refractivity (Wildman–Crippen MR) is 46.1 cm³/mol. The van der Waals surface area contributed by atoms with Gasteiger partial charge < -0.3 is 9.47 Å². The zero-order chi connectivity index (χ0) is 8.20. The monoisotopic (exact) mass is 162 g/mol. The van der Waals surface area contributed by atoms with E-state index in [1.54, 1.807) is 14.2 Å². The van der Waals surface area contributed by atoms with Gasteiger partial charge >= 0.3 is 0 Å². The van der Waals surface area contributed by atoms with E-state index in [1.807, 2.05) is 0 Å². The Morgan fingerprint density at radius 2 is 1.50 bits per heavy atom. The lowest BCUT2D eigenvalue weighted by atomic mass is 10.3. The van der Waals surface area contributed by atoms with Crippen molar-refractivity contribution >= 4 is 9.52 Å². The molecule has 0 N–H and O–H groups in total. The van der Waals surface area contributed by atoms with Crippen LogP contribution in [-0.4, -0.2) is 29.7 Å². The summed E-state index contributed by atoms with van der Waals surface area (Å²) in [6.07, 6.45) is 0. The molecule has 0 bridgehead atoms. The van der Waals surface area contributed by atoms with E-state index in [2.05, 4.69) is 20.8 Å². The summed E-state index contributed by atoms with van der Waals surface area (Å²) in [4.78, 5) is 0. The van der Waals surface area contributed by atoms with Crippen molar-refractivity contribution in [2.24, 2.45) is 0 Å². The molecule has 0 rings (SSSR count). The highest BCUT2D eigenvalue weighted by atomic mass is 28.2. The van der Waals surface area contributed by atoms with Gasteiger partial charge in [-0.3, -0.25) is 0 Å². The number of ether oxygens (including phenoxy) is 2. The fourth-order valence-electron chi connectivity index (χ4n) is 0.763. The van der Waals surface area contributed by atoms with Crippen molar-refractivity contribution in [3.8, 4) is 0 Å². The smallest absolute Gasteiger partial charge is 0.134 e. The van der Waals surface area contributed by atoms with E-state index in [4.69, 9.17) is 9.47 Å². The Bertz CT molecular complexity index is 84.1. The van der Waals surface area contributed by atoms with Gasteiger partial charge in [0, 0.05) is 14.2 Å². The van der Waals surface area contributed by atoms with E-state index in [1.165, 1.54) is 0 Å². The zero-order valence-electron chi connectivity index (χ0n) is 7.60. The summed E-state index contributed by atoms with van der Waals surface area (Å²) in [7, 11) is 3.12. The summed E-state index contributed by atoms with van der Waals surface area (Å²) in [5.74, 6) is 0.0833. The Balaban J connectivity index is 3.63. The van der Waals surface area contributed by atoms with Crippen molar-refractivity contribution in [3.63, 3.8) is 0 Å². The van der Waals surface area contributed by atoms with Crippen LogP contribution in [0.5, 0.6) is 0 Å². The van der Waals surface area contributed by atoms with Gasteiger partial charge in [0.25, 0.3) is 0 Å². The molecule has 0 spiro atoms. The van der Waals surface area contributed by atoms with E-state index in [9.17, 15) is 0 Å². The second-order valence-corrected chi connectivity index (χ2v) is 6.86. The van der Waals surface area contributed by atoms with Gasteiger partial charge in [-0.1, -0.05) is 20.8 Å². The average Bonchev–Trinajstić information content (AvgIpc) is 1.81. The van der Waals surface area contributed by atoms with Gasteiger partial charge in [-0.05, 0) is 5.04 Å². The molecule has 0 aliphatic rings. The van der Waals surface area contributed by atoms with Gasteiger partial charge in [-0.25, -0.2) is 0 Å². The minimum absolute atomic E-state index is 0.0833. The minimum Gasteiger partial charge on any atom is -0.360 e. The van der Waals surface area contributed by atoms with Crippen molar-refractivity contribution in [2.45, 2.75) is 31.7 Å². The molecule has 0 amide bonds. The first-order valence-corrected chi connectivity index (χ1v) is 5.07. The lowest BCUT2D eigenvalue weighted by molar-refractivity contribution is -0.0455. The molecule has 0 aromatic rings. The van der Waals surface area contributed by atoms with E-state index >= 15 is 0 Å². The van der Waals surface area contributed by atoms with E-state index in [0.29, 0.717) is 5.04 Å². The van der Waals surface area contributed by atoms with Gasteiger partial charge in [0.1, 0.15) is 5.91 Å². The van der Waals surface area contributed by atoms with Gasteiger partial charge in [0.15, 0.2) is 0 Å². The Labute approximate surface area is 65.7 Å². The Morgan fingerprint density at radius 1 is 1.10 bits per heavy atom. The third-order valence-corrected chi connectivity index (χ3v) is 3.53. The van der Waals surface area contributed by atoms with Crippen molar-refractivity contribution in [1.29, 1.82) is 0 Å². The largest absolute Gasteiger partial charge is 0.360 e. The van der Waals surface area contributed by atoms with Crippen LogP contribution in [0.2, 0.25) is 5.04 Å². The standard InChI is InChI=1S/C7H18O2Si/c1-7(2,3)10-6(8-4)9-5/h6H,10H2,1-5H3. The highest BCUT2D eigenvalue weighted by molar-refractivity contribution is 6.40. The SMILES string of the molecule is COC(OC)[SiH2]C(C)(C)C. The first kappa shape index (κ1) is 10.1. The summed E-state index contributed by atoms with van der Waals surface area (Å²) in [6, 6.07) is 0. The molecule has 0 heterocycles. The van der Waals surface area contributed by atoms with Crippen LogP contribution in [0.15, 0.2) is 0 Å². The van der Waals surface area contributed by atoms with Gasteiger partial charge in [-0.2, -0.15) is 0 Å². The average molecular weight is 162 g/mol. The first-order chi connectivity index (χ1) is 4.49. The molecule has 0 atom stereocenters. The molecule has 0 aliphatic heterocycles. The van der Waals surface area contributed by atoms with Gasteiger partial charge in [0.2, 0.25) is 0 Å². The van der Waals surface area contributed by atoms with Crippen molar-refractivity contribution in [2.75, 3.05) is 14.2 Å². The maximum atomic E-state index is 5.11. The number of hydrogen-bond donors (Lipinski definition) is 0. The highest BCUT2D eigenvalue weighted by Gasteiger charge is 2.18. The number of hydrogen-bond acceptors (Lipinski definition) is 2. The second kappa shape index (κ2) is 4.11. The lowest BCUT2D eigenvalue weighted by Gasteiger charge is -2.22. The molecule has 3 heteroatoms. The molecule has 0 aliphatic carbocycles. The van der Waals surface area contributed by atoms with E-state index in [0.717, 1.165) is 0 Å². The molecule has 0 fully saturated rings. The molecule has 0 unspecified atom stereocenters. The van der Waals surface area contributed by atoms with Gasteiger partial charge in [0.05, 0.1) is 9.52 Å². The minimum atomic E-state index is -0.281. The summed E-state index contributed by atoms with van der Waals surface area (Å²) >= 11 is 0. The fraction of sp³-hybridized carbons (Fsp3) is 1.00. The van der Waals surface area contributed by atoms with Crippen LogP contribution in [0.1, 0.15) is 20.8 Å². The molecule has 2 nitrogen and oxygen atoms in total. The number of rotatable bonds is 3. The Kier molecular flexibility index (Phi) is 4.16. The van der Waals surface area contributed by atoms with Gasteiger partial charge in [-0.15, -0.1) is 0 Å². The van der Waals surface area contributed by atoms with Crippen LogP contribution in [-0.2, 0) is 9.47 Å². The van der Waals surface area contributed by atoms with Crippen LogP contribution in [0.25, 0.3) is 0 Å². The van der Waals surface area contributed by atoms with Crippen LogP contribution in [0.3, 0.4) is 0 Å². The maximum absolute atomic E-state index is 5.11. The van der Waals surface area contributed by atoms with Crippen molar-refractivity contribution in [1.82, 2.24) is 0 Å². The second-order valence-electron chi connectivity index (χ2n) is 3.67. The third-order valence-electron chi connectivity index (χ3n) is 1.30. The first-order valence-electron chi connectivity index (χ1n) is 3.55. The molecule has 62 valence electrons. The van der Waals surface area contributed by atoms with Crippen LogP contribution in [0.4, 0.5) is 0 Å². The molecule has 0 aromatic carbocycles. The van der Waals surface area contributed by atoms with Crippen molar-refractivity contribution < 1.29 is 9.47 Å². The van der Waals surface area contributed by atoms with E-state index in [-0.39, 0.29) is 15.4 Å². The summed E-state index contributed by atoms with van der Waals surface area (Å²) in [5, 5.41) is 0.413. The Hall–Kier alpha value is 0.137. The van der Waals surface area contributed by atoms with Crippen LogP contribution < -0.4 is 0 Å². The quantitative estimate of drug-likeness (QED) is 0.454. The molecular formula is C7H18O2Si. The molecule has 0 radical (unpaired) electrons. The maximum Gasteiger partial charge on any atom is 0.134 e. The lowest BCUT2D eigenvalue weighted by Crippen LogP contribution is -2.27. The zero-order valence-corrected chi connectivity index (χ0v) is 9.02. The summed E-state index contributed by atoms with van der Waals surface area (Å²) < 4.78 is 10.2. The Morgan fingerprint density at radius 3 is 1.60 bits per heavy atom. The number of methoxy groups -OCH3 is 2. The normalized spacial score (nSPS) is 13.8. The fourth-order valence-corrected chi connectivity index (χ4v) is 2.10. The molecule has 0 aromatic heterocycles. The van der Waals surface area contributed by atoms with Crippen molar-refractivity contribution in [3.05, 3.63) is 0 Å². The van der Waals surface area contributed by atoms with Crippen LogP contribution >= 0.6 is 0 Å².